The molecular formula is C19H21BrN4O2S2. The molecule has 0 spiro atoms. The minimum atomic E-state index is 0.0984. The largest absolute Gasteiger partial charge is 0.355 e. The van der Waals surface area contributed by atoms with Crippen molar-refractivity contribution in [2.75, 3.05) is 19.6 Å². The molecule has 1 fully saturated rings. The smallest absolute Gasteiger partial charge is 0.241 e. The zero-order valence-electron chi connectivity index (χ0n) is 15.3. The number of thiophene rings is 2. The van der Waals surface area contributed by atoms with Crippen molar-refractivity contribution >= 4 is 44.5 Å². The van der Waals surface area contributed by atoms with Crippen LogP contribution in [-0.2, 0) is 17.8 Å². The van der Waals surface area contributed by atoms with Gasteiger partial charge in [0.05, 0.1) is 11.4 Å². The van der Waals surface area contributed by atoms with Crippen molar-refractivity contribution in [2.45, 2.75) is 25.8 Å². The van der Waals surface area contributed by atoms with Crippen molar-refractivity contribution in [1.29, 1.82) is 0 Å². The molecule has 0 aliphatic carbocycles. The number of hydrogen-bond acceptors (Lipinski definition) is 7. The minimum Gasteiger partial charge on any atom is -0.355 e. The van der Waals surface area contributed by atoms with Crippen LogP contribution in [0, 0.1) is 5.92 Å². The Bertz CT molecular complexity index is 901. The van der Waals surface area contributed by atoms with Crippen LogP contribution in [0.3, 0.4) is 0 Å². The standard InChI is InChI=1S/C19H21BrN4O2S2/c20-14-10-16(28-12-14)18-22-17(26-23-18)11-24-7-4-13(5-8-24)19(25)21-6-3-15-2-1-9-27-15/h1-2,9-10,12-13H,3-8,11H2,(H,21,25). The molecule has 1 amide bonds. The predicted molar refractivity (Wildman–Crippen MR) is 114 cm³/mol. The van der Waals surface area contributed by atoms with Crippen LogP contribution in [0.1, 0.15) is 23.6 Å². The molecule has 148 valence electrons. The summed E-state index contributed by atoms with van der Waals surface area (Å²) in [7, 11) is 0. The van der Waals surface area contributed by atoms with Crippen LogP contribution < -0.4 is 5.32 Å². The third kappa shape index (κ3) is 5.08. The third-order valence-electron chi connectivity index (χ3n) is 4.82. The molecule has 4 heterocycles. The van der Waals surface area contributed by atoms with Crippen LogP contribution in [0.2, 0.25) is 0 Å². The molecule has 1 aliphatic heterocycles. The van der Waals surface area contributed by atoms with E-state index in [4.69, 9.17) is 4.52 Å². The number of carbonyl (C=O) groups excluding carboxylic acids is 1. The molecule has 0 atom stereocenters. The lowest BCUT2D eigenvalue weighted by molar-refractivity contribution is -0.126. The predicted octanol–water partition coefficient (Wildman–Crippen LogP) is 4.19. The van der Waals surface area contributed by atoms with Crippen LogP contribution in [0.25, 0.3) is 10.7 Å². The zero-order chi connectivity index (χ0) is 19.3. The Morgan fingerprint density at radius 2 is 2.21 bits per heavy atom. The van der Waals surface area contributed by atoms with Gasteiger partial charge in [0.25, 0.3) is 0 Å². The number of nitrogens with one attached hydrogen (secondary N) is 1. The first-order chi connectivity index (χ1) is 13.7. The Morgan fingerprint density at radius 1 is 1.36 bits per heavy atom. The molecule has 4 rings (SSSR count). The van der Waals surface area contributed by atoms with Crippen LogP contribution in [-0.4, -0.2) is 40.6 Å². The summed E-state index contributed by atoms with van der Waals surface area (Å²) in [5, 5.41) is 11.2. The molecule has 28 heavy (non-hydrogen) atoms. The van der Waals surface area contributed by atoms with E-state index in [1.165, 1.54) is 4.88 Å². The normalized spacial score (nSPS) is 15.8. The summed E-state index contributed by atoms with van der Waals surface area (Å²) in [5.74, 6) is 1.53. The average molecular weight is 481 g/mol. The molecule has 1 N–H and O–H groups in total. The second-order valence-corrected chi connectivity index (χ2v) is 9.67. The van der Waals surface area contributed by atoms with Crippen molar-refractivity contribution in [3.8, 4) is 10.7 Å². The van der Waals surface area contributed by atoms with E-state index in [-0.39, 0.29) is 11.8 Å². The highest BCUT2D eigenvalue weighted by atomic mass is 79.9. The molecular weight excluding hydrogens is 460 g/mol. The molecule has 0 radical (unpaired) electrons. The van der Waals surface area contributed by atoms with Crippen LogP contribution in [0.4, 0.5) is 0 Å². The number of piperidine rings is 1. The fourth-order valence-corrected chi connectivity index (χ4v) is 5.36. The summed E-state index contributed by atoms with van der Waals surface area (Å²) < 4.78 is 6.43. The van der Waals surface area contributed by atoms with Crippen LogP contribution in [0.15, 0.2) is 38.0 Å². The Labute approximate surface area is 180 Å². The molecule has 1 aliphatic rings. The van der Waals surface area contributed by atoms with Gasteiger partial charge in [-0.2, -0.15) is 4.98 Å². The molecule has 9 heteroatoms. The van der Waals surface area contributed by atoms with Gasteiger partial charge in [-0.25, -0.2) is 0 Å². The van der Waals surface area contributed by atoms with E-state index in [9.17, 15) is 4.79 Å². The number of nitrogens with zero attached hydrogens (tertiary/aromatic N) is 3. The topological polar surface area (TPSA) is 71.3 Å². The number of hydrogen-bond donors (Lipinski definition) is 1. The van der Waals surface area contributed by atoms with E-state index in [0.717, 1.165) is 41.7 Å². The van der Waals surface area contributed by atoms with E-state index in [0.29, 0.717) is 24.8 Å². The van der Waals surface area contributed by atoms with Crippen molar-refractivity contribution in [2.24, 2.45) is 5.92 Å². The summed E-state index contributed by atoms with van der Waals surface area (Å²) in [6, 6.07) is 6.14. The third-order valence-corrected chi connectivity index (χ3v) is 7.45. The lowest BCUT2D eigenvalue weighted by Crippen LogP contribution is -2.40. The first kappa shape index (κ1) is 19.8. The maximum absolute atomic E-state index is 12.4. The first-order valence-corrected chi connectivity index (χ1v) is 11.8. The van der Waals surface area contributed by atoms with Gasteiger partial charge in [-0.3, -0.25) is 9.69 Å². The highest BCUT2D eigenvalue weighted by molar-refractivity contribution is 9.10. The fraction of sp³-hybridized carbons (Fsp3) is 0.421. The van der Waals surface area contributed by atoms with Crippen LogP contribution >= 0.6 is 38.6 Å². The molecule has 6 nitrogen and oxygen atoms in total. The van der Waals surface area contributed by atoms with Gasteiger partial charge in [-0.05, 0) is 65.8 Å². The van der Waals surface area contributed by atoms with Crippen molar-refractivity contribution in [1.82, 2.24) is 20.4 Å². The molecule has 3 aromatic rings. The van der Waals surface area contributed by atoms with E-state index < -0.39 is 0 Å². The van der Waals surface area contributed by atoms with Crippen molar-refractivity contribution < 1.29 is 9.32 Å². The number of amides is 1. The lowest BCUT2D eigenvalue weighted by atomic mass is 9.96. The van der Waals surface area contributed by atoms with E-state index >= 15 is 0 Å². The number of likely N-dealkylation sites (tertiary alicyclic amines) is 1. The highest BCUT2D eigenvalue weighted by Gasteiger charge is 2.25. The minimum absolute atomic E-state index is 0.0984. The molecule has 0 unspecified atom stereocenters. The number of carbonyl (C=O) groups is 1. The SMILES string of the molecule is O=C(NCCc1cccs1)C1CCN(Cc2nc(-c3cc(Br)cs3)no2)CC1. The molecule has 0 aromatic carbocycles. The number of rotatable bonds is 7. The Hall–Kier alpha value is -1.55. The summed E-state index contributed by atoms with van der Waals surface area (Å²) in [5.41, 5.74) is 0. The number of aromatic nitrogens is 2. The molecule has 3 aromatic heterocycles. The van der Waals surface area contributed by atoms with E-state index in [2.05, 4.69) is 47.7 Å². The molecule has 1 saturated heterocycles. The van der Waals surface area contributed by atoms with Gasteiger partial charge < -0.3 is 9.84 Å². The molecule has 0 saturated carbocycles. The summed E-state index contributed by atoms with van der Waals surface area (Å²) in [6.07, 6.45) is 2.63. The maximum Gasteiger partial charge on any atom is 0.241 e. The van der Waals surface area contributed by atoms with Crippen LogP contribution in [0.5, 0.6) is 0 Å². The quantitative estimate of drug-likeness (QED) is 0.548. The van der Waals surface area contributed by atoms with Gasteiger partial charge in [0, 0.05) is 27.2 Å². The average Bonchev–Trinajstić information content (AvgIpc) is 3.44. The maximum atomic E-state index is 12.4. The van der Waals surface area contributed by atoms with E-state index in [1.807, 2.05) is 17.5 Å². The van der Waals surface area contributed by atoms with Gasteiger partial charge >= 0.3 is 0 Å². The zero-order valence-corrected chi connectivity index (χ0v) is 18.5. The van der Waals surface area contributed by atoms with Gasteiger partial charge in [-0.15, -0.1) is 22.7 Å². The van der Waals surface area contributed by atoms with Gasteiger partial charge in [0.15, 0.2) is 0 Å². The van der Waals surface area contributed by atoms with Crippen molar-refractivity contribution in [3.63, 3.8) is 0 Å². The van der Waals surface area contributed by atoms with Gasteiger partial charge in [0.1, 0.15) is 0 Å². The van der Waals surface area contributed by atoms with Crippen molar-refractivity contribution in [3.05, 3.63) is 44.2 Å². The Morgan fingerprint density at radius 3 is 2.93 bits per heavy atom. The van der Waals surface area contributed by atoms with E-state index in [1.54, 1.807) is 22.7 Å². The Balaban J connectivity index is 1.21. The van der Waals surface area contributed by atoms with Gasteiger partial charge in [0.2, 0.25) is 17.6 Å². The summed E-state index contributed by atoms with van der Waals surface area (Å²) in [4.78, 5) is 21.5. The number of halogens is 1. The van der Waals surface area contributed by atoms with Gasteiger partial charge in [-0.1, -0.05) is 11.2 Å². The fourth-order valence-electron chi connectivity index (χ4n) is 3.30. The lowest BCUT2D eigenvalue weighted by Gasteiger charge is -2.30. The Kier molecular flexibility index (Phi) is 6.56. The molecule has 0 bridgehead atoms. The summed E-state index contributed by atoms with van der Waals surface area (Å²) >= 11 is 6.76. The summed E-state index contributed by atoms with van der Waals surface area (Å²) in [6.45, 7) is 3.08. The highest BCUT2D eigenvalue weighted by Crippen LogP contribution is 2.28. The second kappa shape index (κ2) is 9.30. The second-order valence-electron chi connectivity index (χ2n) is 6.81. The monoisotopic (exact) mass is 480 g/mol. The first-order valence-electron chi connectivity index (χ1n) is 9.27.